The topological polar surface area (TPSA) is 37.8 Å². The summed E-state index contributed by atoms with van der Waals surface area (Å²) in [5.74, 6) is 1.77. The lowest BCUT2D eigenvalue weighted by atomic mass is 9.94. The molecule has 3 heteroatoms. The molecule has 1 heterocycles. The Morgan fingerprint density at radius 3 is 2.43 bits per heavy atom. The summed E-state index contributed by atoms with van der Waals surface area (Å²) in [5.41, 5.74) is 4.67. The van der Waals surface area contributed by atoms with Gasteiger partial charge in [0.2, 0.25) is 0 Å². The number of nitrogens with one attached hydrogen (secondary N) is 1. The highest BCUT2D eigenvalue weighted by Crippen LogP contribution is 2.28. The van der Waals surface area contributed by atoms with Crippen LogP contribution in [0.1, 0.15) is 44.6 Å². The van der Waals surface area contributed by atoms with Gasteiger partial charge in [0.15, 0.2) is 0 Å². The van der Waals surface area contributed by atoms with Crippen molar-refractivity contribution in [3.05, 3.63) is 41.2 Å². The summed E-state index contributed by atoms with van der Waals surface area (Å²) >= 11 is 0. The van der Waals surface area contributed by atoms with E-state index in [9.17, 15) is 0 Å². The smallest absolute Gasteiger partial charge is 0.136 e. The summed E-state index contributed by atoms with van der Waals surface area (Å²) < 4.78 is 0. The minimum Gasteiger partial charge on any atom is -0.370 e. The van der Waals surface area contributed by atoms with Gasteiger partial charge in [0, 0.05) is 23.6 Å². The van der Waals surface area contributed by atoms with Crippen LogP contribution < -0.4 is 5.32 Å². The van der Waals surface area contributed by atoms with Crippen molar-refractivity contribution < 1.29 is 0 Å². The number of nitrogens with zero attached hydrogens (tertiary/aromatic N) is 2. The Morgan fingerprint density at radius 2 is 1.81 bits per heavy atom. The number of hydrogen-bond acceptors (Lipinski definition) is 3. The van der Waals surface area contributed by atoms with Crippen LogP contribution >= 0.6 is 0 Å². The molecule has 2 aromatic rings. The second-order valence-electron chi connectivity index (χ2n) is 6.49. The van der Waals surface area contributed by atoms with Crippen molar-refractivity contribution in [3.8, 4) is 11.3 Å². The van der Waals surface area contributed by atoms with Crippen molar-refractivity contribution in [1.82, 2.24) is 9.97 Å². The third-order valence-electron chi connectivity index (χ3n) is 3.64. The standard InChI is InChI=1S/C18H25N3/c1-7-19-16-11-15(20-17(21-16)18(4,5)6)14-10-8-9-12(2)13(14)3/h8-11H,7H2,1-6H3,(H,19,20,21). The van der Waals surface area contributed by atoms with E-state index in [2.05, 4.69) is 70.0 Å². The van der Waals surface area contributed by atoms with Crippen LogP contribution in [0.2, 0.25) is 0 Å². The Kier molecular flexibility index (Phi) is 4.31. The minimum atomic E-state index is -0.0715. The highest BCUT2D eigenvalue weighted by Gasteiger charge is 2.20. The number of anilines is 1. The normalized spacial score (nSPS) is 11.5. The summed E-state index contributed by atoms with van der Waals surface area (Å²) in [6, 6.07) is 8.40. The van der Waals surface area contributed by atoms with Gasteiger partial charge in [-0.05, 0) is 31.9 Å². The maximum Gasteiger partial charge on any atom is 0.136 e. The van der Waals surface area contributed by atoms with Crippen molar-refractivity contribution >= 4 is 5.82 Å². The molecule has 0 amide bonds. The molecule has 0 unspecified atom stereocenters. The van der Waals surface area contributed by atoms with Gasteiger partial charge in [0.05, 0.1) is 5.69 Å². The van der Waals surface area contributed by atoms with Gasteiger partial charge in [0.25, 0.3) is 0 Å². The second kappa shape index (κ2) is 5.84. The molecule has 2 rings (SSSR count). The van der Waals surface area contributed by atoms with Gasteiger partial charge in [0.1, 0.15) is 11.6 Å². The average molecular weight is 283 g/mol. The van der Waals surface area contributed by atoms with E-state index in [1.54, 1.807) is 0 Å². The van der Waals surface area contributed by atoms with E-state index in [4.69, 9.17) is 4.98 Å². The highest BCUT2D eigenvalue weighted by molar-refractivity contribution is 5.67. The third-order valence-corrected chi connectivity index (χ3v) is 3.64. The molecule has 112 valence electrons. The highest BCUT2D eigenvalue weighted by atomic mass is 15.0. The molecule has 3 nitrogen and oxygen atoms in total. The van der Waals surface area contributed by atoms with Crippen LogP contribution in [0.15, 0.2) is 24.3 Å². The zero-order valence-electron chi connectivity index (χ0n) is 13.9. The molecule has 1 aromatic carbocycles. The van der Waals surface area contributed by atoms with Gasteiger partial charge in [-0.1, -0.05) is 39.0 Å². The molecular formula is C18H25N3. The van der Waals surface area contributed by atoms with Gasteiger partial charge in [-0.15, -0.1) is 0 Å². The SMILES string of the molecule is CCNc1cc(-c2cccc(C)c2C)nc(C(C)(C)C)n1. The summed E-state index contributed by atoms with van der Waals surface area (Å²) in [7, 11) is 0. The van der Waals surface area contributed by atoms with E-state index < -0.39 is 0 Å². The Hall–Kier alpha value is -1.90. The van der Waals surface area contributed by atoms with Gasteiger partial charge in [-0.2, -0.15) is 0 Å². The third kappa shape index (κ3) is 3.41. The lowest BCUT2D eigenvalue weighted by Crippen LogP contribution is -2.18. The quantitative estimate of drug-likeness (QED) is 0.902. The van der Waals surface area contributed by atoms with Crippen LogP contribution in [-0.4, -0.2) is 16.5 Å². The molecule has 0 aliphatic heterocycles. The van der Waals surface area contributed by atoms with E-state index in [1.807, 2.05) is 6.07 Å². The van der Waals surface area contributed by atoms with Crippen molar-refractivity contribution in [2.45, 2.75) is 47.0 Å². The van der Waals surface area contributed by atoms with Gasteiger partial charge in [-0.25, -0.2) is 9.97 Å². The lowest BCUT2D eigenvalue weighted by Gasteiger charge is -2.19. The first-order chi connectivity index (χ1) is 9.82. The fraction of sp³-hybridized carbons (Fsp3) is 0.444. The number of aryl methyl sites for hydroxylation is 1. The number of hydrogen-bond donors (Lipinski definition) is 1. The predicted octanol–water partition coefficient (Wildman–Crippen LogP) is 4.49. The maximum absolute atomic E-state index is 4.81. The molecule has 1 N–H and O–H groups in total. The van der Waals surface area contributed by atoms with E-state index >= 15 is 0 Å². The fourth-order valence-corrected chi connectivity index (χ4v) is 2.22. The predicted molar refractivity (Wildman–Crippen MR) is 89.8 cm³/mol. The molecule has 0 atom stereocenters. The van der Waals surface area contributed by atoms with E-state index in [-0.39, 0.29) is 5.41 Å². The second-order valence-corrected chi connectivity index (χ2v) is 6.49. The van der Waals surface area contributed by atoms with Crippen molar-refractivity contribution in [2.24, 2.45) is 0 Å². The van der Waals surface area contributed by atoms with Gasteiger partial charge < -0.3 is 5.32 Å². The van der Waals surface area contributed by atoms with E-state index in [1.165, 1.54) is 16.7 Å². The van der Waals surface area contributed by atoms with Crippen LogP contribution in [0.5, 0.6) is 0 Å². The van der Waals surface area contributed by atoms with E-state index in [0.29, 0.717) is 0 Å². The van der Waals surface area contributed by atoms with Crippen LogP contribution in [0, 0.1) is 13.8 Å². The molecule has 1 aromatic heterocycles. The molecule has 0 saturated carbocycles. The molecule has 0 aliphatic rings. The molecule has 21 heavy (non-hydrogen) atoms. The first kappa shape index (κ1) is 15.5. The molecule has 0 fully saturated rings. The Morgan fingerprint density at radius 1 is 1.10 bits per heavy atom. The zero-order chi connectivity index (χ0) is 15.6. The van der Waals surface area contributed by atoms with Crippen LogP contribution in [0.3, 0.4) is 0 Å². The number of rotatable bonds is 3. The molecule has 0 bridgehead atoms. The fourth-order valence-electron chi connectivity index (χ4n) is 2.22. The Labute approximate surface area is 127 Å². The van der Waals surface area contributed by atoms with E-state index in [0.717, 1.165) is 23.9 Å². The molecule has 0 spiro atoms. The summed E-state index contributed by atoms with van der Waals surface area (Å²) in [5, 5.41) is 3.31. The first-order valence-corrected chi connectivity index (χ1v) is 7.53. The summed E-state index contributed by atoms with van der Waals surface area (Å²) in [6.45, 7) is 13.6. The lowest BCUT2D eigenvalue weighted by molar-refractivity contribution is 0.546. The maximum atomic E-state index is 4.81. The molecule has 0 aliphatic carbocycles. The summed E-state index contributed by atoms with van der Waals surface area (Å²) in [4.78, 5) is 9.46. The van der Waals surface area contributed by atoms with Crippen LogP contribution in [0.4, 0.5) is 5.82 Å². The minimum absolute atomic E-state index is 0.0715. The van der Waals surface area contributed by atoms with Gasteiger partial charge in [-0.3, -0.25) is 0 Å². The van der Waals surface area contributed by atoms with Gasteiger partial charge >= 0.3 is 0 Å². The van der Waals surface area contributed by atoms with Crippen molar-refractivity contribution in [1.29, 1.82) is 0 Å². The van der Waals surface area contributed by atoms with Crippen molar-refractivity contribution in [2.75, 3.05) is 11.9 Å². The Balaban J connectivity index is 2.62. The van der Waals surface area contributed by atoms with Crippen molar-refractivity contribution in [3.63, 3.8) is 0 Å². The summed E-state index contributed by atoms with van der Waals surface area (Å²) in [6.07, 6.45) is 0. The molecular weight excluding hydrogens is 258 g/mol. The zero-order valence-corrected chi connectivity index (χ0v) is 13.9. The largest absolute Gasteiger partial charge is 0.370 e. The molecule has 0 radical (unpaired) electrons. The Bertz CT molecular complexity index is 639. The van der Waals surface area contributed by atoms with Crippen LogP contribution in [-0.2, 0) is 5.41 Å². The molecule has 0 saturated heterocycles. The number of benzene rings is 1. The van der Waals surface area contributed by atoms with Crippen LogP contribution in [0.25, 0.3) is 11.3 Å². The number of aromatic nitrogens is 2. The monoisotopic (exact) mass is 283 g/mol. The first-order valence-electron chi connectivity index (χ1n) is 7.53. The average Bonchev–Trinajstić information content (AvgIpc) is 2.41.